The lowest BCUT2D eigenvalue weighted by Gasteiger charge is -2.11. The van der Waals surface area contributed by atoms with Crippen molar-refractivity contribution in [1.82, 2.24) is 4.57 Å². The van der Waals surface area contributed by atoms with Crippen LogP contribution in [0.1, 0.15) is 12.0 Å². The number of nitrogens with zero attached hydrogens (tertiary/aromatic N) is 1. The van der Waals surface area contributed by atoms with Crippen molar-refractivity contribution < 1.29 is 18.3 Å². The highest BCUT2D eigenvalue weighted by Gasteiger charge is 2.10. The molecule has 7 nitrogen and oxygen atoms in total. The second kappa shape index (κ2) is 8.59. The van der Waals surface area contributed by atoms with E-state index in [2.05, 4.69) is 5.32 Å². The summed E-state index contributed by atoms with van der Waals surface area (Å²) in [6.07, 6.45) is 3.43. The minimum atomic E-state index is -3.24. The van der Waals surface area contributed by atoms with Gasteiger partial charge in [-0.15, -0.1) is 0 Å². The average Bonchev–Trinajstić information content (AvgIpc) is 2.69. The van der Waals surface area contributed by atoms with E-state index in [1.165, 1.54) is 16.7 Å². The van der Waals surface area contributed by atoms with Gasteiger partial charge in [0, 0.05) is 41.9 Å². The predicted octanol–water partition coefficient (Wildman–Crippen LogP) is 1.97. The Kier molecular flexibility index (Phi) is 6.14. The number of nitrogens with one attached hydrogen (secondary N) is 1. The number of carbonyl (C=O) groups excluding carboxylic acids is 1. The summed E-state index contributed by atoms with van der Waals surface area (Å²) in [6.45, 7) is 0.0798. The van der Waals surface area contributed by atoms with Gasteiger partial charge >= 0.3 is 0 Å². The van der Waals surface area contributed by atoms with Gasteiger partial charge in [-0.05, 0) is 42.3 Å². The molecule has 2 aromatic carbocycles. The fourth-order valence-corrected chi connectivity index (χ4v) is 3.72. The molecule has 0 fully saturated rings. The number of fused-ring (bicyclic) bond motifs is 1. The van der Waals surface area contributed by atoms with E-state index in [0.29, 0.717) is 22.9 Å². The van der Waals surface area contributed by atoms with Crippen molar-refractivity contribution in [3.05, 3.63) is 70.6 Å². The number of anilines is 1. The summed E-state index contributed by atoms with van der Waals surface area (Å²) in [7, 11) is -3.24. The van der Waals surface area contributed by atoms with Gasteiger partial charge in [0.05, 0.1) is 11.5 Å². The van der Waals surface area contributed by atoms with Gasteiger partial charge in [-0.1, -0.05) is 18.2 Å². The fourth-order valence-electron chi connectivity index (χ4n) is 3.08. The largest absolute Gasteiger partial charge is 0.395 e. The number of aromatic nitrogens is 1. The van der Waals surface area contributed by atoms with Crippen LogP contribution in [-0.2, 0) is 27.6 Å². The molecule has 3 rings (SSSR count). The first-order valence-corrected chi connectivity index (χ1v) is 11.0. The highest BCUT2D eigenvalue weighted by Crippen LogP contribution is 2.21. The van der Waals surface area contributed by atoms with Gasteiger partial charge in [0.2, 0.25) is 5.91 Å². The molecular formula is C21H22N2O5S. The first kappa shape index (κ1) is 20.8. The van der Waals surface area contributed by atoms with Crippen LogP contribution in [0, 0.1) is 0 Å². The number of benzene rings is 2. The maximum absolute atomic E-state index is 12.5. The van der Waals surface area contributed by atoms with E-state index in [0.717, 1.165) is 11.8 Å². The van der Waals surface area contributed by atoms with Crippen molar-refractivity contribution >= 4 is 32.2 Å². The lowest BCUT2D eigenvalue weighted by Crippen LogP contribution is -2.21. The number of hydrogen-bond donors (Lipinski definition) is 2. The molecule has 29 heavy (non-hydrogen) atoms. The Bertz CT molecular complexity index is 1200. The van der Waals surface area contributed by atoms with Crippen LogP contribution in [0.3, 0.4) is 0 Å². The molecule has 2 N–H and O–H groups in total. The Morgan fingerprint density at radius 2 is 1.79 bits per heavy atom. The lowest BCUT2D eigenvalue weighted by molar-refractivity contribution is -0.116. The molecule has 0 spiro atoms. The van der Waals surface area contributed by atoms with Crippen molar-refractivity contribution in [2.75, 3.05) is 18.2 Å². The Morgan fingerprint density at radius 3 is 2.45 bits per heavy atom. The molecule has 0 saturated heterocycles. The van der Waals surface area contributed by atoms with Crippen molar-refractivity contribution in [3.63, 3.8) is 0 Å². The van der Waals surface area contributed by atoms with E-state index in [1.54, 1.807) is 42.6 Å². The topological polar surface area (TPSA) is 105 Å². The minimum Gasteiger partial charge on any atom is -0.395 e. The van der Waals surface area contributed by atoms with Crippen molar-refractivity contribution in [2.45, 2.75) is 24.3 Å². The average molecular weight is 414 g/mol. The molecule has 1 heterocycles. The molecular weight excluding hydrogens is 392 g/mol. The third-order valence-electron chi connectivity index (χ3n) is 4.63. The van der Waals surface area contributed by atoms with Crippen molar-refractivity contribution in [1.29, 1.82) is 0 Å². The van der Waals surface area contributed by atoms with E-state index >= 15 is 0 Å². The molecule has 1 amide bonds. The zero-order valence-electron chi connectivity index (χ0n) is 16.0. The summed E-state index contributed by atoms with van der Waals surface area (Å²) < 4.78 is 24.4. The summed E-state index contributed by atoms with van der Waals surface area (Å²) in [6, 6.07) is 13.3. The zero-order valence-corrected chi connectivity index (χ0v) is 16.8. The molecule has 0 unspecified atom stereocenters. The number of rotatable bonds is 7. The van der Waals surface area contributed by atoms with Gasteiger partial charge < -0.3 is 15.0 Å². The van der Waals surface area contributed by atoms with Gasteiger partial charge in [-0.3, -0.25) is 9.59 Å². The minimum absolute atomic E-state index is 0.132. The molecule has 0 radical (unpaired) electrons. The standard InChI is InChI=1S/C21H22N2O5S/c1-29(27,28)16-8-5-15(6-9-16)7-10-20(25)22-19-4-2-3-18-17(19)11-12-23(13-14-24)21(18)26/h2-6,8-9,11-12,24H,7,10,13-14H2,1H3,(H,22,25). The number of aliphatic hydroxyl groups is 1. The van der Waals surface area contributed by atoms with Crippen molar-refractivity contribution in [3.8, 4) is 0 Å². The van der Waals surface area contributed by atoms with Crippen LogP contribution in [-0.4, -0.2) is 36.9 Å². The Hall–Kier alpha value is -2.97. The highest BCUT2D eigenvalue weighted by atomic mass is 32.2. The molecule has 3 aromatic rings. The first-order valence-electron chi connectivity index (χ1n) is 9.11. The van der Waals surface area contributed by atoms with Gasteiger partial charge in [0.1, 0.15) is 0 Å². The Balaban J connectivity index is 1.71. The van der Waals surface area contributed by atoms with Crippen LogP contribution in [0.4, 0.5) is 5.69 Å². The van der Waals surface area contributed by atoms with E-state index in [4.69, 9.17) is 5.11 Å². The van der Waals surface area contributed by atoms with Crippen LogP contribution in [0.15, 0.2) is 64.4 Å². The molecule has 152 valence electrons. The molecule has 0 atom stereocenters. The molecule has 0 aliphatic carbocycles. The summed E-state index contributed by atoms with van der Waals surface area (Å²) in [5.41, 5.74) is 1.18. The normalized spacial score (nSPS) is 11.5. The number of carbonyl (C=O) groups is 1. The monoisotopic (exact) mass is 414 g/mol. The number of hydrogen-bond acceptors (Lipinski definition) is 5. The van der Waals surface area contributed by atoms with Crippen molar-refractivity contribution in [2.24, 2.45) is 0 Å². The number of sulfone groups is 1. The quantitative estimate of drug-likeness (QED) is 0.615. The van der Waals surface area contributed by atoms with Crippen LogP contribution in [0.2, 0.25) is 0 Å². The molecule has 8 heteroatoms. The smallest absolute Gasteiger partial charge is 0.258 e. The summed E-state index contributed by atoms with van der Waals surface area (Å²) in [4.78, 5) is 25.1. The number of pyridine rings is 1. The maximum Gasteiger partial charge on any atom is 0.258 e. The Morgan fingerprint density at radius 1 is 1.07 bits per heavy atom. The van der Waals surface area contributed by atoms with Gasteiger partial charge in [0.25, 0.3) is 5.56 Å². The Labute approximate surface area is 168 Å². The molecule has 0 saturated carbocycles. The number of aliphatic hydroxyl groups excluding tert-OH is 1. The summed E-state index contributed by atoms with van der Waals surface area (Å²) in [5.74, 6) is -0.204. The number of amides is 1. The summed E-state index contributed by atoms with van der Waals surface area (Å²) in [5, 5.41) is 13.0. The lowest BCUT2D eigenvalue weighted by atomic mass is 10.1. The van der Waals surface area contributed by atoms with E-state index in [9.17, 15) is 18.0 Å². The summed E-state index contributed by atoms with van der Waals surface area (Å²) >= 11 is 0. The van der Waals surface area contributed by atoms with E-state index in [-0.39, 0.29) is 35.9 Å². The second-order valence-electron chi connectivity index (χ2n) is 6.77. The molecule has 0 aliphatic rings. The third-order valence-corrected chi connectivity index (χ3v) is 5.75. The van der Waals surface area contributed by atoms with E-state index in [1.807, 2.05) is 0 Å². The predicted molar refractivity (Wildman–Crippen MR) is 112 cm³/mol. The van der Waals surface area contributed by atoms with Gasteiger partial charge in [-0.25, -0.2) is 8.42 Å². The van der Waals surface area contributed by atoms with Crippen LogP contribution < -0.4 is 10.9 Å². The zero-order chi connectivity index (χ0) is 21.0. The maximum atomic E-state index is 12.5. The van der Waals surface area contributed by atoms with Crippen LogP contribution in [0.25, 0.3) is 10.8 Å². The SMILES string of the molecule is CS(=O)(=O)c1ccc(CCC(=O)Nc2cccc3c(=O)n(CCO)ccc23)cc1. The molecule has 1 aromatic heterocycles. The van der Waals surface area contributed by atoms with Gasteiger partial charge in [0.15, 0.2) is 9.84 Å². The van der Waals surface area contributed by atoms with Crippen LogP contribution in [0.5, 0.6) is 0 Å². The molecule has 0 bridgehead atoms. The second-order valence-corrected chi connectivity index (χ2v) is 8.78. The third kappa shape index (κ3) is 4.90. The highest BCUT2D eigenvalue weighted by molar-refractivity contribution is 7.90. The van der Waals surface area contributed by atoms with Gasteiger partial charge in [-0.2, -0.15) is 0 Å². The van der Waals surface area contributed by atoms with E-state index < -0.39 is 9.84 Å². The first-order chi connectivity index (χ1) is 13.8. The number of aryl methyl sites for hydroxylation is 1. The van der Waals surface area contributed by atoms with Crippen LogP contribution >= 0.6 is 0 Å². The molecule has 0 aliphatic heterocycles. The fraction of sp³-hybridized carbons (Fsp3) is 0.238.